The first-order valence-electron chi connectivity index (χ1n) is 12.0. The number of para-hydroxylation sites is 1. The summed E-state index contributed by atoms with van der Waals surface area (Å²) in [6.45, 7) is 9.11. The van der Waals surface area contributed by atoms with Gasteiger partial charge in [0.15, 0.2) is 0 Å². The number of hydrogen-bond acceptors (Lipinski definition) is 6. The lowest BCUT2D eigenvalue weighted by molar-refractivity contribution is -0.140. The third-order valence-corrected chi connectivity index (χ3v) is 6.60. The Morgan fingerprint density at radius 2 is 1.74 bits per heavy atom. The van der Waals surface area contributed by atoms with Crippen LogP contribution in [0.2, 0.25) is 0 Å². The molecule has 35 heavy (non-hydrogen) atoms. The van der Waals surface area contributed by atoms with Crippen molar-refractivity contribution in [2.24, 2.45) is 0 Å². The number of nitrogens with zero attached hydrogens (tertiary/aromatic N) is 5. The second kappa shape index (κ2) is 10.7. The number of pyridine rings is 1. The highest BCUT2D eigenvalue weighted by molar-refractivity contribution is 6.46. The van der Waals surface area contributed by atoms with Crippen LogP contribution in [0.5, 0.6) is 0 Å². The number of aliphatic hydroxyl groups excluding tert-OH is 1. The van der Waals surface area contributed by atoms with Crippen molar-refractivity contribution < 1.29 is 14.7 Å². The van der Waals surface area contributed by atoms with Gasteiger partial charge < -0.3 is 14.9 Å². The number of aromatic nitrogens is 3. The molecule has 1 aromatic carbocycles. The Morgan fingerprint density at radius 1 is 1.06 bits per heavy atom. The fourth-order valence-electron chi connectivity index (χ4n) is 4.62. The molecule has 8 heteroatoms. The summed E-state index contributed by atoms with van der Waals surface area (Å²) in [6.07, 6.45) is 5.52. The van der Waals surface area contributed by atoms with Crippen LogP contribution in [0.3, 0.4) is 0 Å². The molecular weight excluding hydrogens is 442 g/mol. The molecule has 4 rings (SSSR count). The third kappa shape index (κ3) is 4.74. The quantitative estimate of drug-likeness (QED) is 0.289. The van der Waals surface area contributed by atoms with Gasteiger partial charge in [0.1, 0.15) is 5.76 Å². The zero-order chi connectivity index (χ0) is 24.9. The second-order valence-corrected chi connectivity index (χ2v) is 8.54. The molecule has 1 N–H and O–H groups in total. The summed E-state index contributed by atoms with van der Waals surface area (Å²) in [5, 5.41) is 15.8. The first kappa shape index (κ1) is 24.3. The molecule has 3 aromatic rings. The van der Waals surface area contributed by atoms with Crippen molar-refractivity contribution in [3.05, 3.63) is 83.4 Å². The first-order valence-corrected chi connectivity index (χ1v) is 12.0. The van der Waals surface area contributed by atoms with Gasteiger partial charge in [-0.15, -0.1) is 0 Å². The van der Waals surface area contributed by atoms with Gasteiger partial charge in [0.2, 0.25) is 0 Å². The topological polar surface area (TPSA) is 91.6 Å². The molecule has 0 radical (unpaired) electrons. The number of carbonyl (C=O) groups excluding carboxylic acids is 2. The number of rotatable bonds is 9. The zero-order valence-electron chi connectivity index (χ0n) is 20.4. The number of hydrogen-bond donors (Lipinski definition) is 1. The van der Waals surface area contributed by atoms with Gasteiger partial charge in [-0.3, -0.25) is 14.6 Å². The van der Waals surface area contributed by atoms with Crippen LogP contribution in [0.15, 0.2) is 66.6 Å². The van der Waals surface area contributed by atoms with E-state index < -0.39 is 17.7 Å². The van der Waals surface area contributed by atoms with Crippen molar-refractivity contribution in [1.82, 2.24) is 24.6 Å². The Balaban J connectivity index is 1.74. The van der Waals surface area contributed by atoms with Crippen LogP contribution in [-0.4, -0.2) is 67.5 Å². The fourth-order valence-corrected chi connectivity index (χ4v) is 4.62. The number of amides is 1. The normalized spacial score (nSPS) is 17.5. The zero-order valence-corrected chi connectivity index (χ0v) is 20.4. The molecule has 0 aliphatic carbocycles. The summed E-state index contributed by atoms with van der Waals surface area (Å²) in [6, 6.07) is 12.4. The van der Waals surface area contributed by atoms with Crippen LogP contribution in [0.25, 0.3) is 11.4 Å². The molecule has 2 aromatic heterocycles. The van der Waals surface area contributed by atoms with Crippen molar-refractivity contribution in [3.63, 3.8) is 0 Å². The highest BCUT2D eigenvalue weighted by atomic mass is 16.3. The van der Waals surface area contributed by atoms with E-state index in [0.29, 0.717) is 17.8 Å². The van der Waals surface area contributed by atoms with Gasteiger partial charge in [-0.05, 0) is 62.8 Å². The highest BCUT2D eigenvalue weighted by Crippen LogP contribution is 2.39. The summed E-state index contributed by atoms with van der Waals surface area (Å²) in [7, 11) is 0. The molecule has 3 heterocycles. The Morgan fingerprint density at radius 3 is 2.40 bits per heavy atom. The molecule has 1 aliphatic heterocycles. The molecule has 1 aliphatic rings. The lowest BCUT2D eigenvalue weighted by Crippen LogP contribution is -2.33. The van der Waals surface area contributed by atoms with E-state index in [1.54, 1.807) is 34.1 Å². The molecule has 1 fully saturated rings. The lowest BCUT2D eigenvalue weighted by Gasteiger charge is -2.26. The Labute approximate surface area is 205 Å². The van der Waals surface area contributed by atoms with Crippen LogP contribution in [0.4, 0.5) is 0 Å². The summed E-state index contributed by atoms with van der Waals surface area (Å²) >= 11 is 0. The van der Waals surface area contributed by atoms with Gasteiger partial charge in [0.25, 0.3) is 11.7 Å². The van der Waals surface area contributed by atoms with Crippen LogP contribution in [-0.2, 0) is 9.59 Å². The minimum absolute atomic E-state index is 0.0831. The largest absolute Gasteiger partial charge is 0.507 e. The van der Waals surface area contributed by atoms with E-state index in [1.165, 1.54) is 6.20 Å². The summed E-state index contributed by atoms with van der Waals surface area (Å²) in [5.41, 5.74) is 2.76. The van der Waals surface area contributed by atoms with Crippen molar-refractivity contribution in [2.75, 3.05) is 26.2 Å². The van der Waals surface area contributed by atoms with Crippen LogP contribution in [0.1, 0.15) is 43.1 Å². The maximum atomic E-state index is 13.2. The molecule has 182 valence electrons. The monoisotopic (exact) mass is 473 g/mol. The van der Waals surface area contributed by atoms with Crippen LogP contribution in [0, 0.1) is 6.92 Å². The van der Waals surface area contributed by atoms with E-state index in [-0.39, 0.29) is 11.3 Å². The molecule has 0 spiro atoms. The van der Waals surface area contributed by atoms with Gasteiger partial charge >= 0.3 is 0 Å². The fraction of sp³-hybridized carbons (Fsp3) is 0.333. The number of carbonyl (C=O) groups is 2. The number of Topliss-reactive ketones (excluding diaryl/α,β-unsaturated/α-hetero) is 1. The Hall–Kier alpha value is -3.78. The molecule has 1 saturated heterocycles. The molecule has 1 unspecified atom stereocenters. The van der Waals surface area contributed by atoms with E-state index >= 15 is 0 Å². The van der Waals surface area contributed by atoms with Gasteiger partial charge in [0, 0.05) is 18.9 Å². The summed E-state index contributed by atoms with van der Waals surface area (Å²) in [5.74, 6) is -1.49. The van der Waals surface area contributed by atoms with E-state index in [4.69, 9.17) is 0 Å². The predicted octanol–water partition coefficient (Wildman–Crippen LogP) is 3.73. The predicted molar refractivity (Wildman–Crippen MR) is 134 cm³/mol. The SMILES string of the molecule is CCN(CC)CCCN1C(=O)C(=O)C(=C(O)c2cnn(-c3ccccc3)c2C)C1c1ccncc1. The average Bonchev–Trinajstić information content (AvgIpc) is 3.40. The van der Waals surface area contributed by atoms with Gasteiger partial charge in [-0.25, -0.2) is 4.68 Å². The molecule has 8 nitrogen and oxygen atoms in total. The highest BCUT2D eigenvalue weighted by Gasteiger charge is 2.46. The Kier molecular flexibility index (Phi) is 7.41. The van der Waals surface area contributed by atoms with Crippen molar-refractivity contribution >= 4 is 17.4 Å². The number of aliphatic hydroxyl groups is 1. The second-order valence-electron chi connectivity index (χ2n) is 8.54. The minimum atomic E-state index is -0.686. The number of ketones is 1. The van der Waals surface area contributed by atoms with Crippen LogP contribution >= 0.6 is 0 Å². The van der Waals surface area contributed by atoms with Gasteiger partial charge in [0.05, 0.1) is 34.8 Å². The molecule has 0 bridgehead atoms. The van der Waals surface area contributed by atoms with E-state index in [0.717, 1.165) is 37.3 Å². The van der Waals surface area contributed by atoms with Crippen molar-refractivity contribution in [3.8, 4) is 5.69 Å². The maximum Gasteiger partial charge on any atom is 0.295 e. The molecular formula is C27H31N5O3. The maximum absolute atomic E-state index is 13.2. The van der Waals surface area contributed by atoms with Gasteiger partial charge in [-0.1, -0.05) is 32.0 Å². The number of likely N-dealkylation sites (tertiary alicyclic amines) is 1. The summed E-state index contributed by atoms with van der Waals surface area (Å²) < 4.78 is 1.71. The van der Waals surface area contributed by atoms with Crippen molar-refractivity contribution in [2.45, 2.75) is 33.2 Å². The van der Waals surface area contributed by atoms with Crippen LogP contribution < -0.4 is 0 Å². The smallest absolute Gasteiger partial charge is 0.295 e. The van der Waals surface area contributed by atoms with Gasteiger partial charge in [-0.2, -0.15) is 5.10 Å². The van der Waals surface area contributed by atoms with E-state index in [9.17, 15) is 14.7 Å². The minimum Gasteiger partial charge on any atom is -0.507 e. The Bertz CT molecular complexity index is 1220. The lowest BCUT2D eigenvalue weighted by atomic mass is 9.96. The third-order valence-electron chi connectivity index (χ3n) is 6.60. The average molecular weight is 474 g/mol. The molecule has 1 atom stereocenters. The van der Waals surface area contributed by atoms with E-state index in [1.807, 2.05) is 37.3 Å². The van der Waals surface area contributed by atoms with E-state index in [2.05, 4.69) is 28.8 Å². The number of benzene rings is 1. The standard InChI is InChI=1S/C27H31N5O3/c1-4-30(5-2)16-9-17-31-24(20-12-14-28-15-13-20)23(26(34)27(31)35)25(33)22-18-29-32(19(22)3)21-10-7-6-8-11-21/h6-8,10-15,18,24,33H,4-5,9,16-17H2,1-3H3. The molecule has 0 saturated carbocycles. The first-order chi connectivity index (χ1) is 17.0. The van der Waals surface area contributed by atoms with Crippen molar-refractivity contribution in [1.29, 1.82) is 0 Å². The molecule has 1 amide bonds. The summed E-state index contributed by atoms with van der Waals surface area (Å²) in [4.78, 5) is 34.3.